The molecule has 0 saturated carbocycles. The molecule has 0 unspecified atom stereocenters. The highest BCUT2D eigenvalue weighted by molar-refractivity contribution is 9.10. The van der Waals surface area contributed by atoms with Gasteiger partial charge in [0.15, 0.2) is 0 Å². The highest BCUT2D eigenvalue weighted by Crippen LogP contribution is 2.14. The Morgan fingerprint density at radius 3 is 2.58 bits per heavy atom. The summed E-state index contributed by atoms with van der Waals surface area (Å²) in [6.07, 6.45) is 7.36. The summed E-state index contributed by atoms with van der Waals surface area (Å²) in [7, 11) is 0. The average molecular weight is 319 g/mol. The third kappa shape index (κ3) is 4.67. The van der Waals surface area contributed by atoms with Gasteiger partial charge in [-0.3, -0.25) is 4.98 Å². The molecular weight excluding hydrogens is 300 g/mol. The maximum absolute atomic E-state index is 4.16. The van der Waals surface area contributed by atoms with E-state index in [0.29, 0.717) is 0 Å². The number of halogens is 1. The molecule has 0 radical (unpaired) electrons. The van der Waals surface area contributed by atoms with Crippen LogP contribution in [-0.2, 0) is 13.0 Å². The van der Waals surface area contributed by atoms with E-state index in [1.165, 1.54) is 30.4 Å². The molecule has 1 aromatic carbocycles. The van der Waals surface area contributed by atoms with Crippen LogP contribution in [0.15, 0.2) is 47.2 Å². The van der Waals surface area contributed by atoms with Crippen molar-refractivity contribution in [2.45, 2.75) is 32.7 Å². The highest BCUT2D eigenvalue weighted by Gasteiger charge is 1.97. The maximum Gasteiger partial charge on any atom is 0.0416 e. The molecule has 0 fully saturated rings. The quantitative estimate of drug-likeness (QED) is 0.827. The molecule has 2 nitrogen and oxygen atoms in total. The number of pyridine rings is 1. The third-order valence-electron chi connectivity index (χ3n) is 3.03. The lowest BCUT2D eigenvalue weighted by molar-refractivity contribution is 0.795. The zero-order chi connectivity index (χ0) is 13.5. The number of nitrogens with zero attached hydrogens (tertiary/aromatic N) is 1. The minimum atomic E-state index is 0.792. The number of unbranched alkanes of at least 4 members (excludes halogenated alkanes) is 1. The fourth-order valence-electron chi connectivity index (χ4n) is 1.93. The SMILES string of the molecule is CCCCc1ccc(NCc2cncc(Br)c2)cc1. The Balaban J connectivity index is 1.89. The zero-order valence-corrected chi connectivity index (χ0v) is 12.8. The van der Waals surface area contributed by atoms with E-state index in [1.54, 1.807) is 6.20 Å². The van der Waals surface area contributed by atoms with Crippen LogP contribution in [0.2, 0.25) is 0 Å². The first-order valence-electron chi connectivity index (χ1n) is 6.70. The standard InChI is InChI=1S/C16H19BrN2/c1-2-3-4-13-5-7-16(8-6-13)19-11-14-9-15(17)12-18-10-14/h5-10,12,19H,2-4,11H2,1H3. The average Bonchev–Trinajstić information content (AvgIpc) is 2.44. The lowest BCUT2D eigenvalue weighted by Gasteiger charge is -2.07. The van der Waals surface area contributed by atoms with Crippen molar-refractivity contribution in [2.75, 3.05) is 5.32 Å². The predicted molar refractivity (Wildman–Crippen MR) is 84.3 cm³/mol. The van der Waals surface area contributed by atoms with E-state index in [2.05, 4.69) is 63.5 Å². The first-order valence-corrected chi connectivity index (χ1v) is 7.49. The molecule has 1 heterocycles. The Morgan fingerprint density at radius 2 is 1.89 bits per heavy atom. The van der Waals surface area contributed by atoms with Crippen molar-refractivity contribution in [1.29, 1.82) is 0 Å². The van der Waals surface area contributed by atoms with Crippen LogP contribution in [0.5, 0.6) is 0 Å². The number of nitrogens with one attached hydrogen (secondary N) is 1. The maximum atomic E-state index is 4.16. The van der Waals surface area contributed by atoms with Gasteiger partial charge in [-0.1, -0.05) is 25.5 Å². The zero-order valence-electron chi connectivity index (χ0n) is 11.2. The molecule has 0 aliphatic carbocycles. The van der Waals surface area contributed by atoms with Crippen LogP contribution < -0.4 is 5.32 Å². The van der Waals surface area contributed by atoms with Crippen LogP contribution >= 0.6 is 15.9 Å². The Bertz CT molecular complexity index is 508. The van der Waals surface area contributed by atoms with Gasteiger partial charge in [-0.25, -0.2) is 0 Å². The Hall–Kier alpha value is -1.35. The highest BCUT2D eigenvalue weighted by atomic mass is 79.9. The van der Waals surface area contributed by atoms with Gasteiger partial charge in [0.2, 0.25) is 0 Å². The fourth-order valence-corrected chi connectivity index (χ4v) is 2.34. The minimum absolute atomic E-state index is 0.792. The molecule has 0 atom stereocenters. The predicted octanol–water partition coefficient (Wildman–Crippen LogP) is 4.80. The Labute approximate surface area is 123 Å². The molecule has 0 spiro atoms. The largest absolute Gasteiger partial charge is 0.381 e. The van der Waals surface area contributed by atoms with E-state index >= 15 is 0 Å². The van der Waals surface area contributed by atoms with E-state index in [1.807, 2.05) is 6.20 Å². The first-order chi connectivity index (χ1) is 9.28. The monoisotopic (exact) mass is 318 g/mol. The molecule has 19 heavy (non-hydrogen) atoms. The number of aryl methyl sites for hydroxylation is 1. The summed E-state index contributed by atoms with van der Waals surface area (Å²) in [5.74, 6) is 0. The van der Waals surface area contributed by atoms with Gasteiger partial charge >= 0.3 is 0 Å². The molecule has 0 aliphatic rings. The second-order valence-corrected chi connectivity index (χ2v) is 5.58. The van der Waals surface area contributed by atoms with Gasteiger partial charge < -0.3 is 5.32 Å². The van der Waals surface area contributed by atoms with Gasteiger partial charge in [0.05, 0.1) is 0 Å². The number of hydrogen-bond acceptors (Lipinski definition) is 2. The van der Waals surface area contributed by atoms with E-state index in [-0.39, 0.29) is 0 Å². The second-order valence-electron chi connectivity index (χ2n) is 4.67. The lowest BCUT2D eigenvalue weighted by Crippen LogP contribution is -2.00. The molecular formula is C16H19BrN2. The van der Waals surface area contributed by atoms with Crippen molar-refractivity contribution in [2.24, 2.45) is 0 Å². The van der Waals surface area contributed by atoms with E-state index < -0.39 is 0 Å². The van der Waals surface area contributed by atoms with Crippen molar-refractivity contribution in [3.63, 3.8) is 0 Å². The summed E-state index contributed by atoms with van der Waals surface area (Å²) in [4.78, 5) is 4.16. The van der Waals surface area contributed by atoms with Crippen molar-refractivity contribution >= 4 is 21.6 Å². The van der Waals surface area contributed by atoms with Gasteiger partial charge in [-0.2, -0.15) is 0 Å². The molecule has 1 aromatic heterocycles. The van der Waals surface area contributed by atoms with Crippen molar-refractivity contribution in [1.82, 2.24) is 4.98 Å². The summed E-state index contributed by atoms with van der Waals surface area (Å²) in [6, 6.07) is 10.8. The van der Waals surface area contributed by atoms with Crippen LogP contribution in [0, 0.1) is 0 Å². The lowest BCUT2D eigenvalue weighted by atomic mass is 10.1. The summed E-state index contributed by atoms with van der Waals surface area (Å²) in [5.41, 5.74) is 3.74. The molecule has 2 rings (SSSR count). The number of aromatic nitrogens is 1. The Kier molecular flexibility index (Phi) is 5.40. The van der Waals surface area contributed by atoms with Gasteiger partial charge in [-0.15, -0.1) is 0 Å². The number of hydrogen-bond donors (Lipinski definition) is 1. The van der Waals surface area contributed by atoms with Crippen LogP contribution in [0.1, 0.15) is 30.9 Å². The fraction of sp³-hybridized carbons (Fsp3) is 0.312. The van der Waals surface area contributed by atoms with Crippen LogP contribution in [-0.4, -0.2) is 4.98 Å². The molecule has 0 amide bonds. The molecule has 1 N–H and O–H groups in total. The second kappa shape index (κ2) is 7.29. The van der Waals surface area contributed by atoms with Crippen molar-refractivity contribution < 1.29 is 0 Å². The molecule has 3 heteroatoms. The molecule has 0 bridgehead atoms. The normalized spacial score (nSPS) is 10.4. The van der Waals surface area contributed by atoms with Gasteiger partial charge in [0, 0.05) is 29.1 Å². The Morgan fingerprint density at radius 1 is 1.11 bits per heavy atom. The van der Waals surface area contributed by atoms with Crippen LogP contribution in [0.25, 0.3) is 0 Å². The van der Waals surface area contributed by atoms with Crippen molar-refractivity contribution in [3.05, 3.63) is 58.3 Å². The first kappa shape index (κ1) is 14.1. The summed E-state index contributed by atoms with van der Waals surface area (Å²) in [5, 5.41) is 3.41. The molecule has 0 aliphatic heterocycles. The topological polar surface area (TPSA) is 24.9 Å². The van der Waals surface area contributed by atoms with Gasteiger partial charge in [0.25, 0.3) is 0 Å². The minimum Gasteiger partial charge on any atom is -0.381 e. The number of benzene rings is 1. The smallest absolute Gasteiger partial charge is 0.0416 e. The van der Waals surface area contributed by atoms with E-state index in [4.69, 9.17) is 0 Å². The van der Waals surface area contributed by atoms with Crippen LogP contribution in [0.4, 0.5) is 5.69 Å². The third-order valence-corrected chi connectivity index (χ3v) is 3.46. The summed E-state index contributed by atoms with van der Waals surface area (Å²) >= 11 is 3.43. The van der Waals surface area contributed by atoms with Crippen molar-refractivity contribution in [3.8, 4) is 0 Å². The van der Waals surface area contributed by atoms with Gasteiger partial charge in [0.1, 0.15) is 0 Å². The number of anilines is 1. The van der Waals surface area contributed by atoms with E-state index in [9.17, 15) is 0 Å². The van der Waals surface area contributed by atoms with Gasteiger partial charge in [-0.05, 0) is 58.1 Å². The summed E-state index contributed by atoms with van der Waals surface area (Å²) < 4.78 is 1.02. The molecule has 2 aromatic rings. The molecule has 100 valence electrons. The number of rotatable bonds is 6. The summed E-state index contributed by atoms with van der Waals surface area (Å²) in [6.45, 7) is 3.02. The van der Waals surface area contributed by atoms with Crippen LogP contribution in [0.3, 0.4) is 0 Å². The molecule has 0 saturated heterocycles. The van der Waals surface area contributed by atoms with E-state index in [0.717, 1.165) is 16.7 Å².